The third-order valence-electron chi connectivity index (χ3n) is 3.96. The number of halogens is 5. The molecule has 1 aliphatic rings. The first-order valence-corrected chi connectivity index (χ1v) is 8.63. The molecule has 0 bridgehead atoms. The molecule has 10 heteroatoms. The third kappa shape index (κ3) is 7.58. The second-order valence-corrected chi connectivity index (χ2v) is 6.16. The summed E-state index contributed by atoms with van der Waals surface area (Å²) in [5.74, 6) is 0.465. The van der Waals surface area contributed by atoms with E-state index in [1.54, 1.807) is 18.2 Å². The van der Waals surface area contributed by atoms with Crippen LogP contribution < -0.4 is 15.4 Å². The number of nitrogens with zero attached hydrogens (tertiary/aromatic N) is 2. The molecule has 1 aromatic rings. The first kappa shape index (κ1) is 21.2. The Bertz CT molecular complexity index is 624. The summed E-state index contributed by atoms with van der Waals surface area (Å²) >= 11 is 0. The van der Waals surface area contributed by atoms with Crippen molar-refractivity contribution in [1.82, 2.24) is 15.5 Å². The number of ether oxygens (including phenoxy) is 1. The largest absolute Gasteiger partial charge is 0.434 e. The maximum Gasteiger partial charge on any atom is 0.401 e. The van der Waals surface area contributed by atoms with Crippen molar-refractivity contribution < 1.29 is 26.7 Å². The monoisotopic (exact) mass is 394 g/mol. The highest BCUT2D eigenvalue weighted by Gasteiger charge is 2.34. The van der Waals surface area contributed by atoms with E-state index in [1.807, 2.05) is 6.92 Å². The molecule has 5 nitrogen and oxygen atoms in total. The van der Waals surface area contributed by atoms with Crippen LogP contribution in [0.4, 0.5) is 22.0 Å². The smallest absolute Gasteiger partial charge is 0.401 e. The van der Waals surface area contributed by atoms with Gasteiger partial charge in [0.25, 0.3) is 0 Å². The summed E-state index contributed by atoms with van der Waals surface area (Å²) in [6, 6.07) is 6.17. The van der Waals surface area contributed by atoms with Gasteiger partial charge < -0.3 is 15.4 Å². The molecule has 1 aliphatic heterocycles. The second-order valence-electron chi connectivity index (χ2n) is 6.16. The fourth-order valence-electron chi connectivity index (χ4n) is 2.87. The van der Waals surface area contributed by atoms with Crippen molar-refractivity contribution in [1.29, 1.82) is 0 Å². The number of para-hydroxylation sites is 1. The van der Waals surface area contributed by atoms with E-state index in [1.165, 1.54) is 11.0 Å². The van der Waals surface area contributed by atoms with Crippen LogP contribution >= 0.6 is 0 Å². The molecule has 2 rings (SSSR count). The number of rotatable bonds is 7. The summed E-state index contributed by atoms with van der Waals surface area (Å²) in [5, 5.41) is 6.12. The van der Waals surface area contributed by atoms with Gasteiger partial charge in [-0.2, -0.15) is 22.0 Å². The van der Waals surface area contributed by atoms with Gasteiger partial charge in [0.05, 0.1) is 13.1 Å². The lowest BCUT2D eigenvalue weighted by Gasteiger charge is -2.20. The summed E-state index contributed by atoms with van der Waals surface area (Å²) < 4.78 is 66.9. The highest BCUT2D eigenvalue weighted by atomic mass is 19.4. The number of aliphatic imine (C=N–C) groups is 1. The third-order valence-corrected chi connectivity index (χ3v) is 3.96. The molecule has 1 saturated heterocycles. The lowest BCUT2D eigenvalue weighted by molar-refractivity contribution is -0.143. The number of likely N-dealkylation sites (tertiary alicyclic amines) is 1. The Kier molecular flexibility index (Phi) is 7.64. The Morgan fingerprint density at radius 2 is 2.07 bits per heavy atom. The van der Waals surface area contributed by atoms with E-state index in [-0.39, 0.29) is 24.9 Å². The zero-order valence-electron chi connectivity index (χ0n) is 14.9. The molecule has 0 amide bonds. The summed E-state index contributed by atoms with van der Waals surface area (Å²) in [5.41, 5.74) is 0.486. The predicted molar refractivity (Wildman–Crippen MR) is 91.9 cm³/mol. The van der Waals surface area contributed by atoms with E-state index in [4.69, 9.17) is 0 Å². The lowest BCUT2D eigenvalue weighted by Crippen LogP contribution is -2.45. The van der Waals surface area contributed by atoms with Gasteiger partial charge in [0.2, 0.25) is 0 Å². The molecule has 0 aromatic heterocycles. The van der Waals surface area contributed by atoms with Gasteiger partial charge in [-0.3, -0.25) is 4.90 Å². The molecule has 1 fully saturated rings. The van der Waals surface area contributed by atoms with Crippen molar-refractivity contribution in [2.24, 2.45) is 4.99 Å². The van der Waals surface area contributed by atoms with Gasteiger partial charge in [-0.1, -0.05) is 18.2 Å². The maximum atomic E-state index is 12.5. The average Bonchev–Trinajstić information content (AvgIpc) is 2.98. The molecule has 0 aliphatic carbocycles. The number of benzene rings is 1. The Hall–Kier alpha value is -2.10. The fraction of sp³-hybridized carbons (Fsp3) is 0.588. The molecular formula is C17H23F5N4O. The molecule has 1 aromatic carbocycles. The molecule has 0 spiro atoms. The Morgan fingerprint density at radius 3 is 2.74 bits per heavy atom. The van der Waals surface area contributed by atoms with Crippen LogP contribution in [0.5, 0.6) is 5.75 Å². The molecular weight excluding hydrogens is 371 g/mol. The molecule has 27 heavy (non-hydrogen) atoms. The van der Waals surface area contributed by atoms with E-state index in [0.29, 0.717) is 31.0 Å². The van der Waals surface area contributed by atoms with Crippen LogP contribution in [0.25, 0.3) is 0 Å². The van der Waals surface area contributed by atoms with Crippen molar-refractivity contribution in [2.75, 3.05) is 26.2 Å². The van der Waals surface area contributed by atoms with Gasteiger partial charge in [0, 0.05) is 31.2 Å². The normalized spacial score (nSPS) is 18.8. The number of hydrogen-bond acceptors (Lipinski definition) is 3. The van der Waals surface area contributed by atoms with Crippen LogP contribution in [0.2, 0.25) is 0 Å². The SMILES string of the molecule is CCNC(=NCc1ccccc1OC(F)F)NC1CCN(CC(F)(F)F)C1. The minimum Gasteiger partial charge on any atom is -0.434 e. The molecule has 152 valence electrons. The summed E-state index contributed by atoms with van der Waals surface area (Å²) in [4.78, 5) is 5.68. The quantitative estimate of drug-likeness (QED) is 0.424. The van der Waals surface area contributed by atoms with Crippen LogP contribution in [0.1, 0.15) is 18.9 Å². The molecule has 1 unspecified atom stereocenters. The summed E-state index contributed by atoms with van der Waals surface area (Å²) in [6.45, 7) is -0.750. The van der Waals surface area contributed by atoms with Crippen molar-refractivity contribution >= 4 is 5.96 Å². The second kappa shape index (κ2) is 9.72. The standard InChI is InChI=1S/C17H23F5N4O/c1-2-23-16(25-13-7-8-26(10-13)11-17(20,21)22)24-9-12-5-3-4-6-14(12)27-15(18)19/h3-6,13,15H,2,7-11H2,1H3,(H2,23,24,25). The van der Waals surface area contributed by atoms with Crippen LogP contribution in [0, 0.1) is 0 Å². The number of nitrogens with one attached hydrogen (secondary N) is 2. The summed E-state index contributed by atoms with van der Waals surface area (Å²) in [6.07, 6.45) is -3.66. The number of guanidine groups is 1. The van der Waals surface area contributed by atoms with Crippen molar-refractivity contribution in [3.63, 3.8) is 0 Å². The number of hydrogen-bond donors (Lipinski definition) is 2. The van der Waals surface area contributed by atoms with E-state index >= 15 is 0 Å². The van der Waals surface area contributed by atoms with Gasteiger partial charge in [-0.15, -0.1) is 0 Å². The molecule has 1 atom stereocenters. The highest BCUT2D eigenvalue weighted by Crippen LogP contribution is 2.21. The first-order valence-electron chi connectivity index (χ1n) is 8.63. The topological polar surface area (TPSA) is 48.9 Å². The minimum atomic E-state index is -4.22. The Morgan fingerprint density at radius 1 is 1.33 bits per heavy atom. The predicted octanol–water partition coefficient (Wildman–Crippen LogP) is 2.98. The molecule has 1 heterocycles. The van der Waals surface area contributed by atoms with Gasteiger partial charge in [-0.25, -0.2) is 4.99 Å². The van der Waals surface area contributed by atoms with Gasteiger partial charge in [0.15, 0.2) is 5.96 Å². The van der Waals surface area contributed by atoms with Crippen molar-refractivity contribution in [3.05, 3.63) is 29.8 Å². The van der Waals surface area contributed by atoms with Crippen LogP contribution in [-0.4, -0.2) is 55.9 Å². The first-order chi connectivity index (χ1) is 12.8. The minimum absolute atomic E-state index is 0.0457. The lowest BCUT2D eigenvalue weighted by atomic mass is 10.2. The van der Waals surface area contributed by atoms with Crippen LogP contribution in [-0.2, 0) is 6.54 Å². The average molecular weight is 394 g/mol. The van der Waals surface area contributed by atoms with E-state index in [0.717, 1.165) is 0 Å². The van der Waals surface area contributed by atoms with Crippen LogP contribution in [0.3, 0.4) is 0 Å². The van der Waals surface area contributed by atoms with E-state index in [2.05, 4.69) is 20.4 Å². The summed E-state index contributed by atoms with van der Waals surface area (Å²) in [7, 11) is 0. The van der Waals surface area contributed by atoms with Gasteiger partial charge >= 0.3 is 12.8 Å². The highest BCUT2D eigenvalue weighted by molar-refractivity contribution is 5.80. The maximum absolute atomic E-state index is 12.5. The Balaban J connectivity index is 1.97. The van der Waals surface area contributed by atoms with Gasteiger partial charge in [0.1, 0.15) is 5.75 Å². The fourth-order valence-corrected chi connectivity index (χ4v) is 2.87. The number of alkyl halides is 5. The zero-order chi connectivity index (χ0) is 19.9. The van der Waals surface area contributed by atoms with Crippen molar-refractivity contribution in [2.45, 2.75) is 38.7 Å². The Labute approximate surface area is 154 Å². The van der Waals surface area contributed by atoms with Crippen LogP contribution in [0.15, 0.2) is 29.3 Å². The molecule has 0 saturated carbocycles. The molecule has 0 radical (unpaired) electrons. The molecule has 2 N–H and O–H groups in total. The van der Waals surface area contributed by atoms with Crippen molar-refractivity contribution in [3.8, 4) is 5.75 Å². The van der Waals surface area contributed by atoms with Gasteiger partial charge in [-0.05, 0) is 19.4 Å². The van der Waals surface area contributed by atoms with E-state index < -0.39 is 19.3 Å². The van der Waals surface area contributed by atoms with E-state index in [9.17, 15) is 22.0 Å². The zero-order valence-corrected chi connectivity index (χ0v) is 14.9.